The van der Waals surface area contributed by atoms with Crippen LogP contribution in [0.5, 0.6) is 6.01 Å². The van der Waals surface area contributed by atoms with E-state index in [9.17, 15) is 0 Å². The van der Waals surface area contributed by atoms with Gasteiger partial charge in [-0.1, -0.05) is 0 Å². The Balaban J connectivity index is 2.61. The molecule has 0 unspecified atom stereocenters. The maximum Gasteiger partial charge on any atom is 0.322 e. The van der Waals surface area contributed by atoms with Gasteiger partial charge in [0.25, 0.3) is 0 Å². The molecule has 0 radical (unpaired) electrons. The van der Waals surface area contributed by atoms with E-state index in [4.69, 9.17) is 10.6 Å². The number of ether oxygens (including phenoxy) is 1. The van der Waals surface area contributed by atoms with Crippen LogP contribution in [0, 0.1) is 0 Å². The zero-order valence-corrected chi connectivity index (χ0v) is 12.8. The maximum atomic E-state index is 5.30. The summed E-state index contributed by atoms with van der Waals surface area (Å²) in [6, 6.07) is 1.21. The minimum Gasteiger partial charge on any atom is -0.467 e. The van der Waals surface area contributed by atoms with Gasteiger partial charge in [0.2, 0.25) is 11.9 Å². The maximum absolute atomic E-state index is 5.30. The average molecular weight is 283 g/mol. The number of methoxy groups -OCH3 is 1. The Morgan fingerprint density at radius 3 is 2.20 bits per heavy atom. The van der Waals surface area contributed by atoms with Crippen molar-refractivity contribution in [1.82, 2.24) is 19.9 Å². The Morgan fingerprint density at radius 1 is 1.10 bits per heavy atom. The molecule has 1 heterocycles. The molecule has 0 fully saturated rings. The van der Waals surface area contributed by atoms with Crippen molar-refractivity contribution < 1.29 is 4.74 Å². The number of anilines is 2. The Hall–Kier alpha value is -1.67. The van der Waals surface area contributed by atoms with E-state index in [1.165, 1.54) is 7.11 Å². The summed E-state index contributed by atoms with van der Waals surface area (Å²) in [5, 5.41) is 3.15. The lowest BCUT2D eigenvalue weighted by Gasteiger charge is -2.30. The third-order valence-electron chi connectivity index (χ3n) is 2.91. The second-order valence-corrected chi connectivity index (χ2v) is 4.97. The molecule has 1 rings (SSSR count). The minimum atomic E-state index is 0.222. The molecule has 0 aromatic carbocycles. The number of hydrogen-bond donors (Lipinski definition) is 3. The summed E-state index contributed by atoms with van der Waals surface area (Å²) in [4.78, 5) is 14.6. The lowest BCUT2D eigenvalue weighted by Crippen LogP contribution is -2.40. The minimum absolute atomic E-state index is 0.222. The number of hydrazine groups is 1. The Bertz CT molecular complexity index is 381. The zero-order chi connectivity index (χ0) is 15.1. The summed E-state index contributed by atoms with van der Waals surface area (Å²) in [5.74, 6) is 6.01. The highest BCUT2D eigenvalue weighted by Gasteiger charge is 2.13. The molecular formula is C12H25N7O. The first-order chi connectivity index (χ1) is 9.47. The third-order valence-corrected chi connectivity index (χ3v) is 2.91. The molecule has 0 atom stereocenters. The fraction of sp³-hybridized carbons (Fsp3) is 0.750. The monoisotopic (exact) mass is 283 g/mol. The van der Waals surface area contributed by atoms with Crippen molar-refractivity contribution in [3.05, 3.63) is 0 Å². The fourth-order valence-electron chi connectivity index (χ4n) is 2.00. The number of hydrogen-bond acceptors (Lipinski definition) is 8. The standard InChI is InChI=1S/C12H25N7O/c1-8(2)19(9(3)4)7-6-14-10-15-11(18-13)17-12(16-10)20-5/h8-9H,6-7,13H2,1-5H3,(H2,14,15,16,17,18). The normalized spacial score (nSPS) is 11.2. The highest BCUT2D eigenvalue weighted by Crippen LogP contribution is 2.10. The van der Waals surface area contributed by atoms with Crippen molar-refractivity contribution in [1.29, 1.82) is 0 Å². The Labute approximate surface area is 120 Å². The summed E-state index contributed by atoms with van der Waals surface area (Å²) >= 11 is 0. The molecule has 114 valence electrons. The molecule has 1 aromatic rings. The van der Waals surface area contributed by atoms with Crippen LogP contribution in [0.2, 0.25) is 0 Å². The molecule has 0 saturated carbocycles. The molecule has 8 nitrogen and oxygen atoms in total. The Morgan fingerprint density at radius 2 is 1.70 bits per heavy atom. The van der Waals surface area contributed by atoms with E-state index >= 15 is 0 Å². The van der Waals surface area contributed by atoms with Gasteiger partial charge in [-0.05, 0) is 27.7 Å². The van der Waals surface area contributed by atoms with Crippen LogP contribution in [0.1, 0.15) is 27.7 Å². The average Bonchev–Trinajstić information content (AvgIpc) is 2.42. The quantitative estimate of drug-likeness (QED) is 0.473. The molecule has 20 heavy (non-hydrogen) atoms. The van der Waals surface area contributed by atoms with Gasteiger partial charge in [0.15, 0.2) is 0 Å². The van der Waals surface area contributed by atoms with Gasteiger partial charge < -0.3 is 10.1 Å². The zero-order valence-electron chi connectivity index (χ0n) is 12.8. The first-order valence-corrected chi connectivity index (χ1v) is 6.74. The van der Waals surface area contributed by atoms with E-state index < -0.39 is 0 Å². The van der Waals surface area contributed by atoms with E-state index in [2.05, 4.69) is 58.3 Å². The van der Waals surface area contributed by atoms with Crippen molar-refractivity contribution in [2.45, 2.75) is 39.8 Å². The number of rotatable bonds is 8. The Kier molecular flexibility index (Phi) is 6.40. The molecule has 0 bridgehead atoms. The van der Waals surface area contributed by atoms with Crippen molar-refractivity contribution in [3.8, 4) is 6.01 Å². The first kappa shape index (κ1) is 16.4. The molecule has 0 saturated heterocycles. The van der Waals surface area contributed by atoms with Crippen molar-refractivity contribution in [2.75, 3.05) is 30.9 Å². The van der Waals surface area contributed by atoms with Crippen LogP contribution in [0.25, 0.3) is 0 Å². The van der Waals surface area contributed by atoms with Gasteiger partial charge in [0, 0.05) is 25.2 Å². The second-order valence-electron chi connectivity index (χ2n) is 4.97. The summed E-state index contributed by atoms with van der Waals surface area (Å²) in [7, 11) is 1.50. The van der Waals surface area contributed by atoms with Crippen LogP contribution < -0.4 is 21.3 Å². The van der Waals surface area contributed by atoms with Gasteiger partial charge in [-0.15, -0.1) is 0 Å². The molecule has 1 aromatic heterocycles. The largest absolute Gasteiger partial charge is 0.467 e. The highest BCUT2D eigenvalue weighted by atomic mass is 16.5. The van der Waals surface area contributed by atoms with Gasteiger partial charge >= 0.3 is 6.01 Å². The van der Waals surface area contributed by atoms with E-state index in [0.717, 1.165) is 13.1 Å². The van der Waals surface area contributed by atoms with Crippen molar-refractivity contribution in [2.24, 2.45) is 5.84 Å². The molecule has 4 N–H and O–H groups in total. The smallest absolute Gasteiger partial charge is 0.322 e. The van der Waals surface area contributed by atoms with Crippen LogP contribution in [-0.4, -0.2) is 52.1 Å². The van der Waals surface area contributed by atoms with E-state index in [-0.39, 0.29) is 12.0 Å². The van der Waals surface area contributed by atoms with E-state index in [1.54, 1.807) is 0 Å². The molecule has 0 amide bonds. The van der Waals surface area contributed by atoms with Crippen LogP contribution in [-0.2, 0) is 0 Å². The number of nitrogens with two attached hydrogens (primary N) is 1. The fourth-order valence-corrected chi connectivity index (χ4v) is 2.00. The van der Waals surface area contributed by atoms with Crippen LogP contribution in [0.4, 0.5) is 11.9 Å². The molecule has 0 aliphatic rings. The van der Waals surface area contributed by atoms with Gasteiger partial charge in [-0.2, -0.15) is 15.0 Å². The molecule has 8 heteroatoms. The van der Waals surface area contributed by atoms with E-state index in [1.807, 2.05) is 0 Å². The number of nitrogen functional groups attached to an aromatic ring is 1. The second kappa shape index (κ2) is 7.81. The van der Waals surface area contributed by atoms with Crippen LogP contribution in [0.15, 0.2) is 0 Å². The van der Waals surface area contributed by atoms with E-state index in [0.29, 0.717) is 18.0 Å². The van der Waals surface area contributed by atoms with Crippen molar-refractivity contribution in [3.63, 3.8) is 0 Å². The topological polar surface area (TPSA) is 101 Å². The number of nitrogens with one attached hydrogen (secondary N) is 2. The number of aromatic nitrogens is 3. The molecule has 0 spiro atoms. The molecule has 0 aliphatic heterocycles. The van der Waals surface area contributed by atoms with Crippen LogP contribution in [0.3, 0.4) is 0 Å². The van der Waals surface area contributed by atoms with Crippen LogP contribution >= 0.6 is 0 Å². The lowest BCUT2D eigenvalue weighted by molar-refractivity contribution is 0.182. The summed E-state index contributed by atoms with van der Waals surface area (Å²) in [6.45, 7) is 10.4. The SMILES string of the molecule is COc1nc(NN)nc(NCCN(C(C)C)C(C)C)n1. The number of nitrogens with zero attached hydrogens (tertiary/aromatic N) is 4. The van der Waals surface area contributed by atoms with Crippen molar-refractivity contribution >= 4 is 11.9 Å². The van der Waals surface area contributed by atoms with Gasteiger partial charge in [0.05, 0.1) is 7.11 Å². The third kappa shape index (κ3) is 4.78. The van der Waals surface area contributed by atoms with Gasteiger partial charge in [-0.25, -0.2) is 5.84 Å². The lowest BCUT2D eigenvalue weighted by atomic mass is 10.2. The van der Waals surface area contributed by atoms with Gasteiger partial charge in [0.1, 0.15) is 0 Å². The highest BCUT2D eigenvalue weighted by molar-refractivity contribution is 5.34. The summed E-state index contributed by atoms with van der Waals surface area (Å²) in [6.07, 6.45) is 0. The molecule has 0 aliphatic carbocycles. The molecular weight excluding hydrogens is 258 g/mol. The predicted molar refractivity (Wildman–Crippen MR) is 79.7 cm³/mol. The first-order valence-electron chi connectivity index (χ1n) is 6.74. The summed E-state index contributed by atoms with van der Waals surface area (Å²) < 4.78 is 4.99. The summed E-state index contributed by atoms with van der Waals surface area (Å²) in [5.41, 5.74) is 2.39. The van der Waals surface area contributed by atoms with Gasteiger partial charge in [-0.3, -0.25) is 10.3 Å². The predicted octanol–water partition coefficient (Wildman–Crippen LogP) is 0.696.